The number of carbonyl (C=O) groups is 2. The standard InChI is InChI=1S/C27H28O2.C16H20O5.C8H6O3.3CH4/c1-27(23-13-7-4-8-14-23,24-15-9-5-10-16-24)19-11-3-2-6-12-22-17-18-25-26(20-22)29-21-28-25;17-9-10-19-16(18)6-4-2-1-3-5-13-7-8-14-15(11-13)21-12-20-14;9-4-6-1-2-7-8(3-6)11-5-10-7;;;/h4-10,12-18,20H,2-3,11,19,21H2,1H3;3,5,7-8,11,17H,1-2,4,6,9-10,12H2;1-4H,5H2;3*1H4/b12-6+;5-3+;;;;. The fourth-order valence-corrected chi connectivity index (χ4v) is 7.03. The van der Waals surface area contributed by atoms with Crippen molar-refractivity contribution in [1.29, 1.82) is 0 Å². The number of benzene rings is 5. The Bertz CT molecular complexity index is 2160. The molecule has 0 saturated carbocycles. The average molecular weight is 875 g/mol. The molecule has 3 heterocycles. The van der Waals surface area contributed by atoms with Gasteiger partial charge in [-0.3, -0.25) is 9.59 Å². The van der Waals surface area contributed by atoms with Crippen molar-refractivity contribution in [3.8, 4) is 34.5 Å². The lowest BCUT2D eigenvalue weighted by Crippen LogP contribution is -2.23. The van der Waals surface area contributed by atoms with E-state index >= 15 is 0 Å². The van der Waals surface area contributed by atoms with Crippen molar-refractivity contribution in [2.45, 2.75) is 86.0 Å². The highest BCUT2D eigenvalue weighted by Gasteiger charge is 2.28. The minimum Gasteiger partial charge on any atom is -0.463 e. The Morgan fingerprint density at radius 2 is 1.00 bits per heavy atom. The van der Waals surface area contributed by atoms with E-state index in [4.69, 9.17) is 38.3 Å². The molecule has 0 atom stereocenters. The number of carbonyl (C=O) groups excluding carboxylic acids is 2. The van der Waals surface area contributed by atoms with E-state index in [2.05, 4.69) is 91.9 Å². The fourth-order valence-electron chi connectivity index (χ4n) is 7.03. The number of aldehydes is 1. The van der Waals surface area contributed by atoms with Crippen LogP contribution in [-0.4, -0.2) is 51.0 Å². The van der Waals surface area contributed by atoms with Gasteiger partial charge in [0.1, 0.15) is 12.9 Å². The molecule has 0 saturated heterocycles. The van der Waals surface area contributed by atoms with Crippen molar-refractivity contribution < 1.29 is 47.9 Å². The molecule has 3 aliphatic heterocycles. The number of aliphatic hydroxyl groups is 1. The van der Waals surface area contributed by atoms with Crippen molar-refractivity contribution >= 4 is 24.4 Å². The van der Waals surface area contributed by atoms with E-state index in [1.807, 2.05) is 36.4 Å². The number of rotatable bonds is 17. The largest absolute Gasteiger partial charge is 0.463 e. The van der Waals surface area contributed by atoms with Gasteiger partial charge in [0.25, 0.3) is 0 Å². The van der Waals surface area contributed by atoms with Crippen LogP contribution in [0.1, 0.15) is 113 Å². The number of fused-ring (bicyclic) bond motifs is 3. The van der Waals surface area contributed by atoms with E-state index in [0.717, 1.165) is 72.5 Å². The van der Waals surface area contributed by atoms with Gasteiger partial charge in [-0.05, 0) is 103 Å². The molecular weight excluding hydrogens is 809 g/mol. The van der Waals surface area contributed by atoms with Gasteiger partial charge < -0.3 is 38.3 Å². The maximum atomic E-state index is 11.2. The van der Waals surface area contributed by atoms with Crippen molar-refractivity contribution in [1.82, 2.24) is 0 Å². The SMILES string of the molecule is C.C.C.CC(CCCC/C=C/c1ccc2c(c1)OCO2)(c1ccccc1)c1ccccc1.O=C(CCCC/C=C/c1ccc2c(c1)OCO2)OCCO.O=Cc1ccc2c(c1)OCO2. The summed E-state index contributed by atoms with van der Waals surface area (Å²) < 4.78 is 36.3. The highest BCUT2D eigenvalue weighted by molar-refractivity contribution is 5.76. The molecule has 1 N–H and O–H groups in total. The minimum atomic E-state index is -0.246. The van der Waals surface area contributed by atoms with Gasteiger partial charge >= 0.3 is 5.97 Å². The van der Waals surface area contributed by atoms with Crippen molar-refractivity contribution in [2.24, 2.45) is 0 Å². The van der Waals surface area contributed by atoms with Crippen LogP contribution in [0.4, 0.5) is 0 Å². The first-order chi connectivity index (χ1) is 29.9. The second kappa shape index (κ2) is 27.5. The Kier molecular flexibility index (Phi) is 22.3. The van der Waals surface area contributed by atoms with Gasteiger partial charge in [0.2, 0.25) is 20.4 Å². The molecule has 0 aliphatic carbocycles. The molecule has 10 heteroatoms. The first-order valence-corrected chi connectivity index (χ1v) is 20.8. The highest BCUT2D eigenvalue weighted by Crippen LogP contribution is 2.38. The fraction of sp³-hybridized carbons (Fsp3) is 0.333. The third kappa shape index (κ3) is 15.4. The van der Waals surface area contributed by atoms with Gasteiger partial charge in [-0.2, -0.15) is 0 Å². The molecule has 64 heavy (non-hydrogen) atoms. The molecule has 5 aromatic rings. The monoisotopic (exact) mass is 874 g/mol. The summed E-state index contributed by atoms with van der Waals surface area (Å²) in [4.78, 5) is 21.5. The Labute approximate surface area is 380 Å². The minimum absolute atomic E-state index is 0. The number of aliphatic hydroxyl groups excluding tert-OH is 1. The van der Waals surface area contributed by atoms with Crippen LogP contribution in [-0.2, 0) is 14.9 Å². The predicted molar refractivity (Wildman–Crippen MR) is 256 cm³/mol. The summed E-state index contributed by atoms with van der Waals surface area (Å²) in [6.45, 7) is 3.20. The van der Waals surface area contributed by atoms with Gasteiger partial charge in [0.05, 0.1) is 6.61 Å². The highest BCUT2D eigenvalue weighted by atomic mass is 16.7. The molecule has 0 bridgehead atoms. The summed E-state index contributed by atoms with van der Waals surface area (Å²) >= 11 is 0. The van der Waals surface area contributed by atoms with Gasteiger partial charge in [-0.1, -0.05) is 133 Å². The van der Waals surface area contributed by atoms with E-state index in [0.29, 0.717) is 30.3 Å². The quantitative estimate of drug-likeness (QED) is 0.0549. The first-order valence-electron chi connectivity index (χ1n) is 20.8. The summed E-state index contributed by atoms with van der Waals surface area (Å²) in [6.07, 6.45) is 16.9. The average Bonchev–Trinajstić information content (AvgIpc) is 4.10. The Hall–Kier alpha value is -6.52. The Balaban J connectivity index is 0.000000273. The third-order valence-electron chi connectivity index (χ3n) is 10.4. The Morgan fingerprint density at radius 3 is 1.45 bits per heavy atom. The van der Waals surface area contributed by atoms with Crippen molar-refractivity contribution in [2.75, 3.05) is 33.6 Å². The van der Waals surface area contributed by atoms with Crippen molar-refractivity contribution in [3.05, 3.63) is 155 Å². The van der Waals surface area contributed by atoms with Crippen LogP contribution in [0.3, 0.4) is 0 Å². The van der Waals surface area contributed by atoms with E-state index in [-0.39, 0.29) is 60.5 Å². The van der Waals surface area contributed by atoms with Gasteiger partial charge in [0, 0.05) is 17.4 Å². The van der Waals surface area contributed by atoms with Gasteiger partial charge in [0.15, 0.2) is 34.5 Å². The maximum absolute atomic E-state index is 11.2. The Morgan fingerprint density at radius 1 is 0.578 bits per heavy atom. The zero-order chi connectivity index (χ0) is 42.5. The lowest BCUT2D eigenvalue weighted by molar-refractivity contribution is -0.144. The summed E-state index contributed by atoms with van der Waals surface area (Å²) in [5, 5.41) is 8.52. The van der Waals surface area contributed by atoms with Crippen LogP contribution in [0.15, 0.2) is 127 Å². The second-order valence-corrected chi connectivity index (χ2v) is 14.8. The second-order valence-electron chi connectivity index (χ2n) is 14.8. The zero-order valence-electron chi connectivity index (χ0n) is 34.7. The van der Waals surface area contributed by atoms with E-state index in [1.54, 1.807) is 18.2 Å². The lowest BCUT2D eigenvalue weighted by Gasteiger charge is -2.31. The van der Waals surface area contributed by atoms with Crippen LogP contribution >= 0.6 is 0 Å². The number of hydrogen-bond acceptors (Lipinski definition) is 10. The summed E-state index contributed by atoms with van der Waals surface area (Å²) in [7, 11) is 0. The third-order valence-corrected chi connectivity index (χ3v) is 10.4. The molecule has 8 rings (SSSR count). The first kappa shape index (κ1) is 51.8. The molecule has 10 nitrogen and oxygen atoms in total. The lowest BCUT2D eigenvalue weighted by atomic mass is 9.73. The number of ether oxygens (including phenoxy) is 7. The van der Waals surface area contributed by atoms with E-state index < -0.39 is 0 Å². The van der Waals surface area contributed by atoms with Gasteiger partial charge in [-0.15, -0.1) is 0 Å². The van der Waals surface area contributed by atoms with E-state index in [1.165, 1.54) is 24.0 Å². The summed E-state index contributed by atoms with van der Waals surface area (Å²) in [5.41, 5.74) is 5.66. The zero-order valence-corrected chi connectivity index (χ0v) is 34.7. The molecule has 0 fully saturated rings. The molecule has 3 aliphatic rings. The van der Waals surface area contributed by atoms with Crippen LogP contribution in [0.25, 0.3) is 12.2 Å². The number of unbranched alkanes of at least 4 members (excludes halogenated alkanes) is 4. The van der Waals surface area contributed by atoms with Crippen molar-refractivity contribution in [3.63, 3.8) is 0 Å². The van der Waals surface area contributed by atoms with Crippen LogP contribution in [0.2, 0.25) is 0 Å². The number of allylic oxidation sites excluding steroid dienone is 2. The van der Waals surface area contributed by atoms with Crippen LogP contribution < -0.4 is 28.4 Å². The molecule has 0 spiro atoms. The van der Waals surface area contributed by atoms with Crippen LogP contribution in [0.5, 0.6) is 34.5 Å². The summed E-state index contributed by atoms with van der Waals surface area (Å²) in [5.74, 6) is 4.35. The number of esters is 1. The molecule has 5 aromatic carbocycles. The van der Waals surface area contributed by atoms with Gasteiger partial charge in [-0.25, -0.2) is 0 Å². The smallest absolute Gasteiger partial charge is 0.305 e. The van der Waals surface area contributed by atoms with Crippen LogP contribution in [0, 0.1) is 0 Å². The molecule has 0 aromatic heterocycles. The molecule has 0 unspecified atom stereocenters. The topological polar surface area (TPSA) is 119 Å². The maximum Gasteiger partial charge on any atom is 0.305 e. The summed E-state index contributed by atoms with van der Waals surface area (Å²) in [6, 6.07) is 38.8. The number of hydrogen-bond donors (Lipinski definition) is 1. The molecule has 0 radical (unpaired) electrons. The molecular formula is C54H66O10. The normalized spacial score (nSPS) is 12.4. The van der Waals surface area contributed by atoms with E-state index in [9.17, 15) is 9.59 Å². The molecule has 0 amide bonds. The predicted octanol–water partition coefficient (Wildman–Crippen LogP) is 12.7. The molecule has 342 valence electrons.